The van der Waals surface area contributed by atoms with Crippen molar-refractivity contribution in [1.29, 1.82) is 0 Å². The molecule has 1 aromatic heterocycles. The number of hydrogen-bond acceptors (Lipinski definition) is 4. The first-order valence-corrected chi connectivity index (χ1v) is 8.50. The van der Waals surface area contributed by atoms with Crippen LogP contribution in [0.1, 0.15) is 45.3 Å². The molecule has 0 aliphatic carbocycles. The fraction of sp³-hybridized carbons (Fsp3) is 0.500. The van der Waals surface area contributed by atoms with E-state index in [1.807, 2.05) is 13.8 Å². The van der Waals surface area contributed by atoms with Crippen LogP contribution < -0.4 is 5.32 Å². The standard InChI is InChI=1S/C18H26N2O5/c1-3-11-20(12-4-2)18(24)15(8-10-17(22)23)19-16(21)9-7-14-6-5-13-25-14/h5-7,9,13,15H,3-4,8,10-12H2,1-2H3,(H,19,21)(H,22,23)/t15-/m0/s1. The van der Waals surface area contributed by atoms with Gasteiger partial charge in [-0.3, -0.25) is 14.4 Å². The highest BCUT2D eigenvalue weighted by atomic mass is 16.4. The number of rotatable bonds is 11. The lowest BCUT2D eigenvalue weighted by atomic mass is 10.1. The number of carbonyl (C=O) groups is 3. The summed E-state index contributed by atoms with van der Waals surface area (Å²) in [7, 11) is 0. The number of carbonyl (C=O) groups excluding carboxylic acids is 2. The molecule has 25 heavy (non-hydrogen) atoms. The molecule has 1 aromatic rings. The summed E-state index contributed by atoms with van der Waals surface area (Å²) in [5, 5.41) is 11.5. The number of carboxylic acid groups (broad SMARTS) is 1. The molecule has 2 N–H and O–H groups in total. The van der Waals surface area contributed by atoms with Gasteiger partial charge in [-0.25, -0.2) is 0 Å². The number of furan rings is 1. The van der Waals surface area contributed by atoms with Gasteiger partial charge in [-0.15, -0.1) is 0 Å². The van der Waals surface area contributed by atoms with Crippen molar-refractivity contribution < 1.29 is 23.9 Å². The van der Waals surface area contributed by atoms with Gasteiger partial charge < -0.3 is 19.7 Å². The maximum atomic E-state index is 12.7. The van der Waals surface area contributed by atoms with Gasteiger partial charge in [-0.1, -0.05) is 13.8 Å². The van der Waals surface area contributed by atoms with Crippen LogP contribution in [0.25, 0.3) is 6.08 Å². The molecule has 0 saturated carbocycles. The molecule has 7 nitrogen and oxygen atoms in total. The minimum atomic E-state index is -1.00. The normalized spacial score (nSPS) is 12.1. The van der Waals surface area contributed by atoms with Crippen LogP contribution in [0.15, 0.2) is 28.9 Å². The van der Waals surface area contributed by atoms with E-state index in [0.717, 1.165) is 12.8 Å². The van der Waals surface area contributed by atoms with Crippen molar-refractivity contribution in [3.05, 3.63) is 30.2 Å². The van der Waals surface area contributed by atoms with Crippen LogP contribution in [0.2, 0.25) is 0 Å². The van der Waals surface area contributed by atoms with Gasteiger partial charge in [0.25, 0.3) is 0 Å². The molecule has 0 saturated heterocycles. The van der Waals surface area contributed by atoms with Gasteiger partial charge in [0.05, 0.1) is 6.26 Å². The van der Waals surface area contributed by atoms with E-state index in [4.69, 9.17) is 9.52 Å². The van der Waals surface area contributed by atoms with E-state index in [9.17, 15) is 14.4 Å². The second-order valence-corrected chi connectivity index (χ2v) is 5.67. The second kappa shape index (κ2) is 11.1. The SMILES string of the molecule is CCCN(CCC)C(=O)[C@H](CCC(=O)O)NC(=O)C=Cc1ccco1. The summed E-state index contributed by atoms with van der Waals surface area (Å²) < 4.78 is 5.10. The van der Waals surface area contributed by atoms with Crippen LogP contribution in [0.4, 0.5) is 0 Å². The predicted octanol–water partition coefficient (Wildman–Crippen LogP) is 2.29. The highest BCUT2D eigenvalue weighted by Crippen LogP contribution is 2.07. The molecule has 0 fully saturated rings. The average molecular weight is 350 g/mol. The van der Waals surface area contributed by atoms with Gasteiger partial charge >= 0.3 is 5.97 Å². The number of carboxylic acids is 1. The molecule has 0 aromatic carbocycles. The Morgan fingerprint density at radius 2 is 1.96 bits per heavy atom. The maximum absolute atomic E-state index is 12.7. The molecular weight excluding hydrogens is 324 g/mol. The number of aliphatic carboxylic acids is 1. The summed E-state index contributed by atoms with van der Waals surface area (Å²) in [4.78, 5) is 37.3. The summed E-state index contributed by atoms with van der Waals surface area (Å²) in [5.41, 5.74) is 0. The van der Waals surface area contributed by atoms with E-state index in [2.05, 4.69) is 5.32 Å². The average Bonchev–Trinajstić information content (AvgIpc) is 3.09. The molecule has 0 aliphatic rings. The Bertz CT molecular complexity index is 574. The van der Waals surface area contributed by atoms with E-state index >= 15 is 0 Å². The second-order valence-electron chi connectivity index (χ2n) is 5.67. The van der Waals surface area contributed by atoms with Crippen LogP contribution in [-0.2, 0) is 14.4 Å². The van der Waals surface area contributed by atoms with E-state index in [1.54, 1.807) is 17.0 Å². The summed E-state index contributed by atoms with van der Waals surface area (Å²) in [6.45, 7) is 5.09. The molecule has 0 spiro atoms. The van der Waals surface area contributed by atoms with E-state index in [-0.39, 0.29) is 18.7 Å². The van der Waals surface area contributed by atoms with Gasteiger partial charge in [0, 0.05) is 25.6 Å². The third-order valence-electron chi connectivity index (χ3n) is 3.50. The molecule has 0 bridgehead atoms. The van der Waals surface area contributed by atoms with E-state index in [1.165, 1.54) is 18.4 Å². The first-order chi connectivity index (χ1) is 12.0. The summed E-state index contributed by atoms with van der Waals surface area (Å²) in [6, 6.07) is 2.54. The van der Waals surface area contributed by atoms with Gasteiger partial charge in [0.1, 0.15) is 11.8 Å². The quantitative estimate of drug-likeness (QED) is 0.597. The highest BCUT2D eigenvalue weighted by molar-refractivity contribution is 5.95. The number of nitrogens with zero attached hydrogens (tertiary/aromatic N) is 1. The van der Waals surface area contributed by atoms with Crippen molar-refractivity contribution in [3.63, 3.8) is 0 Å². The van der Waals surface area contributed by atoms with Crippen molar-refractivity contribution in [1.82, 2.24) is 10.2 Å². The molecule has 1 atom stereocenters. The van der Waals surface area contributed by atoms with E-state index in [0.29, 0.717) is 18.8 Å². The van der Waals surface area contributed by atoms with Crippen LogP contribution in [0, 0.1) is 0 Å². The zero-order chi connectivity index (χ0) is 18.7. The van der Waals surface area contributed by atoms with Crippen LogP contribution >= 0.6 is 0 Å². The van der Waals surface area contributed by atoms with Gasteiger partial charge in [0.15, 0.2) is 0 Å². The Balaban J connectivity index is 2.77. The molecular formula is C18H26N2O5. The third-order valence-corrected chi connectivity index (χ3v) is 3.50. The fourth-order valence-electron chi connectivity index (χ4n) is 2.38. The van der Waals surface area contributed by atoms with Crippen molar-refractivity contribution in [3.8, 4) is 0 Å². The smallest absolute Gasteiger partial charge is 0.303 e. The zero-order valence-corrected chi connectivity index (χ0v) is 14.7. The first kappa shape index (κ1) is 20.5. The monoisotopic (exact) mass is 350 g/mol. The van der Waals surface area contributed by atoms with Crippen molar-refractivity contribution in [2.24, 2.45) is 0 Å². The lowest BCUT2D eigenvalue weighted by Crippen LogP contribution is -2.49. The Labute approximate surface area is 147 Å². The lowest BCUT2D eigenvalue weighted by Gasteiger charge is -2.27. The lowest BCUT2D eigenvalue weighted by molar-refractivity contribution is -0.139. The molecule has 0 unspecified atom stereocenters. The third kappa shape index (κ3) is 7.69. The van der Waals surface area contributed by atoms with Gasteiger partial charge in [-0.05, 0) is 37.5 Å². The summed E-state index contributed by atoms with van der Waals surface area (Å²) in [6.07, 6.45) is 5.70. The number of hydrogen-bond donors (Lipinski definition) is 2. The fourth-order valence-corrected chi connectivity index (χ4v) is 2.38. The minimum absolute atomic E-state index is 0.0540. The van der Waals surface area contributed by atoms with Gasteiger partial charge in [-0.2, -0.15) is 0 Å². The first-order valence-electron chi connectivity index (χ1n) is 8.50. The Kier molecular flexibility index (Phi) is 9.06. The van der Waals surface area contributed by atoms with Crippen molar-refractivity contribution in [2.45, 2.75) is 45.6 Å². The maximum Gasteiger partial charge on any atom is 0.303 e. The molecule has 1 rings (SSSR count). The van der Waals surface area contributed by atoms with Crippen molar-refractivity contribution >= 4 is 23.9 Å². The van der Waals surface area contributed by atoms with Crippen LogP contribution in [-0.4, -0.2) is 46.9 Å². The Hall–Kier alpha value is -2.57. The molecule has 7 heteroatoms. The van der Waals surface area contributed by atoms with Crippen LogP contribution in [0.5, 0.6) is 0 Å². The highest BCUT2D eigenvalue weighted by Gasteiger charge is 2.25. The molecule has 138 valence electrons. The topological polar surface area (TPSA) is 99.9 Å². The molecule has 0 aliphatic heterocycles. The van der Waals surface area contributed by atoms with Gasteiger partial charge in [0.2, 0.25) is 11.8 Å². The molecule has 1 heterocycles. The van der Waals surface area contributed by atoms with E-state index < -0.39 is 17.9 Å². The summed E-state index contributed by atoms with van der Waals surface area (Å²) in [5.74, 6) is -1.20. The molecule has 0 radical (unpaired) electrons. The zero-order valence-electron chi connectivity index (χ0n) is 14.7. The molecule has 2 amide bonds. The number of amides is 2. The minimum Gasteiger partial charge on any atom is -0.481 e. The van der Waals surface area contributed by atoms with Crippen LogP contribution in [0.3, 0.4) is 0 Å². The Morgan fingerprint density at radius 3 is 2.48 bits per heavy atom. The predicted molar refractivity (Wildman–Crippen MR) is 93.7 cm³/mol. The largest absolute Gasteiger partial charge is 0.481 e. The van der Waals surface area contributed by atoms with Crippen molar-refractivity contribution in [2.75, 3.05) is 13.1 Å². The Morgan fingerprint density at radius 1 is 1.28 bits per heavy atom. The summed E-state index contributed by atoms with van der Waals surface area (Å²) >= 11 is 0. The number of nitrogens with one attached hydrogen (secondary N) is 1.